The Kier molecular flexibility index (Phi) is 5.41. The highest BCUT2D eigenvalue weighted by atomic mass is 16.7. The van der Waals surface area contributed by atoms with Crippen LogP contribution in [0.1, 0.15) is 31.0 Å². The van der Waals surface area contributed by atoms with E-state index in [0.29, 0.717) is 34.1 Å². The Labute approximate surface area is 196 Å². The zero-order valence-corrected chi connectivity index (χ0v) is 18.6. The highest BCUT2D eigenvalue weighted by Crippen LogP contribution is 2.44. The number of hydrogen-bond acceptors (Lipinski definition) is 7. The normalized spacial score (nSPS) is 18.6. The van der Waals surface area contributed by atoms with Gasteiger partial charge in [0.15, 0.2) is 11.5 Å². The molecule has 2 aromatic carbocycles. The molecule has 2 aliphatic heterocycles. The fraction of sp³-hybridized carbons (Fsp3) is 0.192. The number of ketones is 1. The van der Waals surface area contributed by atoms with E-state index in [4.69, 9.17) is 14.2 Å². The van der Waals surface area contributed by atoms with Gasteiger partial charge in [-0.3, -0.25) is 19.5 Å². The minimum atomic E-state index is -0.884. The number of carbonyl (C=O) groups is 2. The summed E-state index contributed by atoms with van der Waals surface area (Å²) in [6, 6.07) is 14.4. The Balaban J connectivity index is 1.65. The summed E-state index contributed by atoms with van der Waals surface area (Å²) in [5.74, 6) is -0.103. The summed E-state index contributed by atoms with van der Waals surface area (Å²) in [5, 5.41) is 11.2. The lowest BCUT2D eigenvalue weighted by Gasteiger charge is -2.25. The van der Waals surface area contributed by atoms with E-state index in [-0.39, 0.29) is 24.2 Å². The summed E-state index contributed by atoms with van der Waals surface area (Å²) >= 11 is 0. The van der Waals surface area contributed by atoms with Gasteiger partial charge in [0.1, 0.15) is 11.5 Å². The number of aromatic nitrogens is 1. The highest BCUT2D eigenvalue weighted by molar-refractivity contribution is 6.51. The lowest BCUT2D eigenvalue weighted by Crippen LogP contribution is -2.29. The first-order valence-electron chi connectivity index (χ1n) is 10.8. The molecular formula is C26H22N2O6. The minimum Gasteiger partial charge on any atom is -0.507 e. The van der Waals surface area contributed by atoms with E-state index in [2.05, 4.69) is 4.98 Å². The van der Waals surface area contributed by atoms with Gasteiger partial charge in [-0.2, -0.15) is 0 Å². The van der Waals surface area contributed by atoms with E-state index in [1.165, 1.54) is 11.1 Å². The zero-order chi connectivity index (χ0) is 23.8. The lowest BCUT2D eigenvalue weighted by molar-refractivity contribution is -0.132. The number of carbonyl (C=O) groups excluding carboxylic acids is 2. The first kappa shape index (κ1) is 21.5. The van der Waals surface area contributed by atoms with E-state index in [1.54, 1.807) is 60.8 Å². The number of hydrogen-bond donors (Lipinski definition) is 1. The topological polar surface area (TPSA) is 98.2 Å². The Morgan fingerprint density at radius 1 is 1.09 bits per heavy atom. The molecule has 0 saturated carbocycles. The van der Waals surface area contributed by atoms with Gasteiger partial charge in [0.2, 0.25) is 6.79 Å². The maximum atomic E-state index is 13.2. The number of Topliss-reactive ketones (excluding diaryl/α,β-unsaturated/α-hetero) is 1. The molecule has 5 rings (SSSR count). The average Bonchev–Trinajstić information content (AvgIpc) is 3.41. The molecular weight excluding hydrogens is 436 g/mol. The Morgan fingerprint density at radius 2 is 1.85 bits per heavy atom. The SMILES string of the molecule is CC(C)Oc1ccc(C(O)=C2C(=O)C(=O)N(c3cccnc3)C2c2ccc3c(c2)OCO3)cc1. The molecule has 172 valence electrons. The molecule has 0 aliphatic carbocycles. The molecule has 34 heavy (non-hydrogen) atoms. The molecule has 3 heterocycles. The van der Waals surface area contributed by atoms with Gasteiger partial charge >= 0.3 is 0 Å². The lowest BCUT2D eigenvalue weighted by atomic mass is 9.95. The van der Waals surface area contributed by atoms with Gasteiger partial charge in [-0.25, -0.2) is 0 Å². The van der Waals surface area contributed by atoms with Crippen molar-refractivity contribution in [2.75, 3.05) is 11.7 Å². The molecule has 2 aliphatic rings. The van der Waals surface area contributed by atoms with Crippen molar-refractivity contribution in [3.8, 4) is 17.2 Å². The molecule has 1 amide bonds. The maximum absolute atomic E-state index is 13.2. The third-order valence-electron chi connectivity index (χ3n) is 5.58. The number of pyridine rings is 1. The van der Waals surface area contributed by atoms with E-state index < -0.39 is 17.7 Å². The molecule has 0 bridgehead atoms. The van der Waals surface area contributed by atoms with Crippen molar-refractivity contribution < 1.29 is 28.9 Å². The van der Waals surface area contributed by atoms with Gasteiger partial charge in [-0.15, -0.1) is 0 Å². The van der Waals surface area contributed by atoms with Crippen LogP contribution in [0.4, 0.5) is 5.69 Å². The number of aliphatic hydroxyl groups is 1. The summed E-state index contributed by atoms with van der Waals surface area (Å²) in [7, 11) is 0. The second-order valence-corrected chi connectivity index (χ2v) is 8.18. The summed E-state index contributed by atoms with van der Waals surface area (Å²) in [5.41, 5.74) is 1.40. The van der Waals surface area contributed by atoms with E-state index in [0.717, 1.165) is 0 Å². The molecule has 0 spiro atoms. The summed E-state index contributed by atoms with van der Waals surface area (Å²) < 4.78 is 16.6. The van der Waals surface area contributed by atoms with E-state index >= 15 is 0 Å². The molecule has 1 fully saturated rings. The number of fused-ring (bicyclic) bond motifs is 1. The number of anilines is 1. The molecule has 1 aromatic heterocycles. The number of aliphatic hydroxyl groups excluding tert-OH is 1. The van der Waals surface area contributed by atoms with Crippen molar-refractivity contribution in [1.29, 1.82) is 0 Å². The van der Waals surface area contributed by atoms with Gasteiger partial charge in [-0.05, 0) is 67.9 Å². The van der Waals surface area contributed by atoms with Gasteiger partial charge in [0.05, 0.1) is 29.6 Å². The van der Waals surface area contributed by atoms with Crippen LogP contribution < -0.4 is 19.1 Å². The molecule has 8 heteroatoms. The van der Waals surface area contributed by atoms with Crippen molar-refractivity contribution >= 4 is 23.1 Å². The summed E-state index contributed by atoms with van der Waals surface area (Å²) in [6.07, 6.45) is 3.08. The third kappa shape index (κ3) is 3.73. The second-order valence-electron chi connectivity index (χ2n) is 8.18. The van der Waals surface area contributed by atoms with Crippen LogP contribution in [-0.4, -0.2) is 34.7 Å². The van der Waals surface area contributed by atoms with Crippen LogP contribution in [0.2, 0.25) is 0 Å². The van der Waals surface area contributed by atoms with Crippen LogP contribution in [0.3, 0.4) is 0 Å². The Morgan fingerprint density at radius 3 is 2.56 bits per heavy atom. The molecule has 8 nitrogen and oxygen atoms in total. The first-order chi connectivity index (χ1) is 16.4. The molecule has 1 N–H and O–H groups in total. The monoisotopic (exact) mass is 458 g/mol. The van der Waals surface area contributed by atoms with Crippen molar-refractivity contribution in [1.82, 2.24) is 4.98 Å². The van der Waals surface area contributed by atoms with Gasteiger partial charge in [0, 0.05) is 11.8 Å². The van der Waals surface area contributed by atoms with Gasteiger partial charge in [0.25, 0.3) is 11.7 Å². The van der Waals surface area contributed by atoms with E-state index in [1.807, 2.05) is 13.8 Å². The van der Waals surface area contributed by atoms with Crippen molar-refractivity contribution in [3.05, 3.63) is 83.7 Å². The summed E-state index contributed by atoms with van der Waals surface area (Å²) in [4.78, 5) is 31.8. The van der Waals surface area contributed by atoms with Crippen LogP contribution in [0, 0.1) is 0 Å². The molecule has 1 saturated heterocycles. The van der Waals surface area contributed by atoms with Crippen LogP contribution in [0.15, 0.2) is 72.6 Å². The Hall–Kier alpha value is -4.33. The fourth-order valence-electron chi connectivity index (χ4n) is 4.11. The number of nitrogens with zero attached hydrogens (tertiary/aromatic N) is 2. The quantitative estimate of drug-likeness (QED) is 0.347. The largest absolute Gasteiger partial charge is 0.507 e. The molecule has 1 atom stereocenters. The first-order valence-corrected chi connectivity index (χ1v) is 10.8. The van der Waals surface area contributed by atoms with Crippen molar-refractivity contribution in [2.24, 2.45) is 0 Å². The number of ether oxygens (including phenoxy) is 3. The van der Waals surface area contributed by atoms with Gasteiger partial charge < -0.3 is 19.3 Å². The molecule has 1 unspecified atom stereocenters. The fourth-order valence-corrected chi connectivity index (χ4v) is 4.11. The van der Waals surface area contributed by atoms with E-state index in [9.17, 15) is 14.7 Å². The highest BCUT2D eigenvalue weighted by Gasteiger charge is 2.47. The van der Waals surface area contributed by atoms with Crippen LogP contribution in [0.25, 0.3) is 5.76 Å². The van der Waals surface area contributed by atoms with Gasteiger partial charge in [-0.1, -0.05) is 6.07 Å². The maximum Gasteiger partial charge on any atom is 0.300 e. The van der Waals surface area contributed by atoms with Crippen molar-refractivity contribution in [3.63, 3.8) is 0 Å². The second kappa shape index (κ2) is 8.55. The van der Waals surface area contributed by atoms with Crippen LogP contribution in [0.5, 0.6) is 17.2 Å². The predicted molar refractivity (Wildman–Crippen MR) is 124 cm³/mol. The average molecular weight is 458 g/mol. The Bertz CT molecular complexity index is 1280. The molecule has 0 radical (unpaired) electrons. The number of benzene rings is 2. The smallest absolute Gasteiger partial charge is 0.300 e. The summed E-state index contributed by atoms with van der Waals surface area (Å²) in [6.45, 7) is 3.92. The van der Waals surface area contributed by atoms with Crippen molar-refractivity contribution in [2.45, 2.75) is 26.0 Å². The predicted octanol–water partition coefficient (Wildman–Crippen LogP) is 4.22. The van der Waals surface area contributed by atoms with Crippen LogP contribution in [-0.2, 0) is 9.59 Å². The third-order valence-corrected chi connectivity index (χ3v) is 5.58. The van der Waals surface area contributed by atoms with Crippen LogP contribution >= 0.6 is 0 Å². The number of amides is 1. The number of rotatable bonds is 5. The zero-order valence-electron chi connectivity index (χ0n) is 18.6. The minimum absolute atomic E-state index is 0.00439. The standard InChI is InChI=1S/C26H22N2O6/c1-15(2)34-19-8-5-16(6-9-19)24(29)22-23(17-7-10-20-21(12-17)33-14-32-20)28(26(31)25(22)30)18-4-3-11-27-13-18/h3-13,15,23,29H,14H2,1-2H3. The molecule has 3 aromatic rings.